The lowest BCUT2D eigenvalue weighted by atomic mass is 10.1. The molecule has 0 saturated heterocycles. The van der Waals surface area contributed by atoms with E-state index in [1.54, 1.807) is 12.3 Å². The van der Waals surface area contributed by atoms with Gasteiger partial charge in [0.15, 0.2) is 0 Å². The maximum absolute atomic E-state index is 12.2. The number of thiophene rings is 1. The van der Waals surface area contributed by atoms with Crippen molar-refractivity contribution in [1.29, 1.82) is 0 Å². The van der Waals surface area contributed by atoms with E-state index in [4.69, 9.17) is 22.1 Å². The topological polar surface area (TPSA) is 108 Å². The molecule has 2 atom stereocenters. The van der Waals surface area contributed by atoms with Crippen molar-refractivity contribution < 1.29 is 19.1 Å². The molecule has 1 aliphatic rings. The minimum atomic E-state index is -0.563. The number of benzene rings is 1. The Morgan fingerprint density at radius 3 is 2.88 bits per heavy atom. The Kier molecular flexibility index (Phi) is 6.71. The van der Waals surface area contributed by atoms with Crippen molar-refractivity contribution in [2.45, 2.75) is 31.9 Å². The molecule has 4 rings (SSSR count). The van der Waals surface area contributed by atoms with Gasteiger partial charge in [0.2, 0.25) is 0 Å². The molecule has 3 N–H and O–H groups in total. The molecule has 33 heavy (non-hydrogen) atoms. The summed E-state index contributed by atoms with van der Waals surface area (Å²) in [6.07, 6.45) is 5.76. The highest BCUT2D eigenvalue weighted by atomic mass is 35.5. The highest BCUT2D eigenvalue weighted by Gasteiger charge is 2.25. The lowest BCUT2D eigenvalue weighted by Crippen LogP contribution is -2.36. The zero-order chi connectivity index (χ0) is 23.5. The Morgan fingerprint density at radius 2 is 2.18 bits per heavy atom. The molecule has 1 aliphatic heterocycles. The largest absolute Gasteiger partial charge is 0.484 e. The van der Waals surface area contributed by atoms with Crippen LogP contribution in [0.1, 0.15) is 40.5 Å². The van der Waals surface area contributed by atoms with Gasteiger partial charge in [-0.15, -0.1) is 11.3 Å². The third-order valence-corrected chi connectivity index (χ3v) is 6.80. The fraction of sp³-hybridized carbons (Fsp3) is 0.261. The number of primary amides is 1. The van der Waals surface area contributed by atoms with Crippen LogP contribution in [0.15, 0.2) is 42.6 Å². The average Bonchev–Trinajstić information content (AvgIpc) is 3.41. The maximum Gasteiger partial charge on any atom is 0.407 e. The maximum atomic E-state index is 12.2. The van der Waals surface area contributed by atoms with Crippen molar-refractivity contribution in [3.63, 3.8) is 0 Å². The van der Waals surface area contributed by atoms with Gasteiger partial charge in [0.25, 0.3) is 5.91 Å². The number of hydrogen-bond donors (Lipinski definition) is 2. The summed E-state index contributed by atoms with van der Waals surface area (Å²) in [6.45, 7) is 1.99. The summed E-state index contributed by atoms with van der Waals surface area (Å²) in [5.41, 5.74) is 7.30. The Bertz CT molecular complexity index is 1220. The molecule has 172 valence electrons. The predicted octanol–water partition coefficient (Wildman–Crippen LogP) is 4.65. The number of halogens is 1. The number of methoxy groups -OCH3 is 1. The lowest BCUT2D eigenvalue weighted by Gasteiger charge is -2.19. The quantitative estimate of drug-likeness (QED) is 0.505. The van der Waals surface area contributed by atoms with E-state index < -0.39 is 12.0 Å². The molecule has 3 heterocycles. The van der Waals surface area contributed by atoms with Gasteiger partial charge in [0.1, 0.15) is 22.6 Å². The van der Waals surface area contributed by atoms with Gasteiger partial charge in [-0.3, -0.25) is 4.79 Å². The van der Waals surface area contributed by atoms with Crippen molar-refractivity contribution in [3.8, 4) is 16.3 Å². The number of amides is 2. The first-order valence-electron chi connectivity index (χ1n) is 10.3. The summed E-state index contributed by atoms with van der Waals surface area (Å²) >= 11 is 7.61. The number of fused-ring (bicyclic) bond motifs is 1. The van der Waals surface area contributed by atoms with E-state index in [-0.39, 0.29) is 12.1 Å². The minimum absolute atomic E-state index is 0.218. The SMILES string of the molecule is CC[C@H](Oc1cc(-c2cnc3n2C=CC(NC(=O)OC)C3)sc1C(N)=O)c1ccccc1Cl. The van der Waals surface area contributed by atoms with E-state index in [0.717, 1.165) is 22.0 Å². The Morgan fingerprint density at radius 1 is 1.39 bits per heavy atom. The van der Waals surface area contributed by atoms with Crippen LogP contribution in [0.25, 0.3) is 16.8 Å². The van der Waals surface area contributed by atoms with Crippen LogP contribution in [0.2, 0.25) is 5.02 Å². The Hall–Kier alpha value is -3.30. The third-order valence-electron chi connectivity index (χ3n) is 5.30. The zero-order valence-corrected chi connectivity index (χ0v) is 19.7. The number of carbonyl (C=O) groups is 2. The molecule has 2 aromatic heterocycles. The van der Waals surface area contributed by atoms with E-state index in [2.05, 4.69) is 15.0 Å². The van der Waals surface area contributed by atoms with Crippen LogP contribution in [0.5, 0.6) is 5.75 Å². The second kappa shape index (κ2) is 9.68. The second-order valence-electron chi connectivity index (χ2n) is 7.42. The first-order chi connectivity index (χ1) is 15.9. The van der Waals surface area contributed by atoms with Crippen molar-refractivity contribution in [2.75, 3.05) is 7.11 Å². The van der Waals surface area contributed by atoms with Crippen LogP contribution in [0.3, 0.4) is 0 Å². The molecule has 0 bridgehead atoms. The van der Waals surface area contributed by atoms with E-state index in [1.807, 2.05) is 48.0 Å². The number of aromatic nitrogens is 2. The number of nitrogens with zero attached hydrogens (tertiary/aromatic N) is 2. The van der Waals surface area contributed by atoms with Crippen LogP contribution in [0.4, 0.5) is 4.79 Å². The van der Waals surface area contributed by atoms with Crippen molar-refractivity contribution in [2.24, 2.45) is 5.73 Å². The molecule has 10 heteroatoms. The summed E-state index contributed by atoms with van der Waals surface area (Å²) in [6, 6.07) is 9.06. The van der Waals surface area contributed by atoms with E-state index in [1.165, 1.54) is 18.4 Å². The van der Waals surface area contributed by atoms with E-state index in [9.17, 15) is 9.59 Å². The normalized spacial score (nSPS) is 15.5. The summed E-state index contributed by atoms with van der Waals surface area (Å²) in [7, 11) is 1.32. The smallest absolute Gasteiger partial charge is 0.407 e. The Balaban J connectivity index is 1.63. The molecule has 0 saturated carbocycles. The van der Waals surface area contributed by atoms with Crippen LogP contribution >= 0.6 is 22.9 Å². The molecule has 0 spiro atoms. The van der Waals surface area contributed by atoms with Crippen molar-refractivity contribution in [1.82, 2.24) is 14.9 Å². The zero-order valence-electron chi connectivity index (χ0n) is 18.1. The molecule has 8 nitrogen and oxygen atoms in total. The minimum Gasteiger partial charge on any atom is -0.484 e. The summed E-state index contributed by atoms with van der Waals surface area (Å²) in [4.78, 5) is 29.3. The molecular weight excluding hydrogens is 464 g/mol. The van der Waals surface area contributed by atoms with Crippen LogP contribution < -0.4 is 15.8 Å². The van der Waals surface area contributed by atoms with Crippen molar-refractivity contribution in [3.05, 3.63) is 63.9 Å². The van der Waals surface area contributed by atoms with Crippen LogP contribution in [-0.4, -0.2) is 34.7 Å². The Labute approximate surface area is 200 Å². The molecule has 0 fully saturated rings. The van der Waals surface area contributed by atoms with Gasteiger partial charge >= 0.3 is 6.09 Å². The number of rotatable bonds is 7. The monoisotopic (exact) mass is 486 g/mol. The van der Waals surface area contributed by atoms with Gasteiger partial charge in [0.05, 0.1) is 29.9 Å². The fourth-order valence-corrected chi connectivity index (χ4v) is 4.89. The molecule has 2 amide bonds. The molecular formula is C23H23ClN4O4S. The second-order valence-corrected chi connectivity index (χ2v) is 8.88. The van der Waals surface area contributed by atoms with Gasteiger partial charge < -0.3 is 25.1 Å². The average molecular weight is 487 g/mol. The van der Waals surface area contributed by atoms with Gasteiger partial charge in [-0.1, -0.05) is 36.7 Å². The number of imidazole rings is 1. The van der Waals surface area contributed by atoms with Crippen molar-refractivity contribution >= 4 is 41.1 Å². The number of nitrogens with one attached hydrogen (secondary N) is 1. The number of hydrogen-bond acceptors (Lipinski definition) is 6. The third kappa shape index (κ3) is 4.74. The van der Waals surface area contributed by atoms with Gasteiger partial charge in [-0.25, -0.2) is 9.78 Å². The summed E-state index contributed by atoms with van der Waals surface area (Å²) < 4.78 is 12.8. The fourth-order valence-electron chi connectivity index (χ4n) is 3.68. The predicted molar refractivity (Wildman–Crippen MR) is 128 cm³/mol. The molecule has 1 aromatic carbocycles. The number of carbonyl (C=O) groups excluding carboxylic acids is 2. The van der Waals surface area contributed by atoms with Gasteiger partial charge in [-0.2, -0.15) is 0 Å². The molecule has 3 aromatic rings. The number of alkyl carbamates (subject to hydrolysis) is 1. The van der Waals surface area contributed by atoms with Gasteiger partial charge in [0, 0.05) is 29.3 Å². The first kappa shape index (κ1) is 22.9. The molecule has 0 aliphatic carbocycles. The summed E-state index contributed by atoms with van der Waals surface area (Å²) in [5.74, 6) is 0.620. The molecule has 1 unspecified atom stereocenters. The highest BCUT2D eigenvalue weighted by Crippen LogP contribution is 2.40. The summed E-state index contributed by atoms with van der Waals surface area (Å²) in [5, 5.41) is 3.35. The van der Waals surface area contributed by atoms with Gasteiger partial charge in [-0.05, 0) is 18.6 Å². The standard InChI is InChI=1S/C23H23ClN4O4S/c1-3-17(14-6-4-5-7-15(14)24)32-18-11-19(33-21(18)22(25)29)16-12-26-20-10-13(8-9-28(16)20)27-23(30)31-2/h4-9,11-13,17H,3,10H2,1-2H3,(H2,25,29)(H,27,30)/t13?,17-/m0/s1. The number of ether oxygens (including phenoxy) is 2. The van der Waals surface area contributed by atoms with E-state index in [0.29, 0.717) is 28.5 Å². The number of nitrogens with two attached hydrogens (primary N) is 1. The van der Waals surface area contributed by atoms with Crippen LogP contribution in [0, 0.1) is 0 Å². The van der Waals surface area contributed by atoms with Crippen LogP contribution in [-0.2, 0) is 11.2 Å². The lowest BCUT2D eigenvalue weighted by molar-refractivity contribution is 0.0997. The molecule has 0 radical (unpaired) electrons. The highest BCUT2D eigenvalue weighted by molar-refractivity contribution is 7.17. The first-order valence-corrected chi connectivity index (χ1v) is 11.5. The van der Waals surface area contributed by atoms with E-state index >= 15 is 0 Å².